The molecule has 0 bridgehead atoms. The van der Waals surface area contributed by atoms with Crippen molar-refractivity contribution < 1.29 is 9.47 Å². The van der Waals surface area contributed by atoms with Crippen LogP contribution < -0.4 is 5.32 Å². The lowest BCUT2D eigenvalue weighted by atomic mass is 10.1. The van der Waals surface area contributed by atoms with Crippen LogP contribution in [0.15, 0.2) is 0 Å². The predicted molar refractivity (Wildman–Crippen MR) is 72.9 cm³/mol. The average molecular weight is 256 g/mol. The van der Waals surface area contributed by atoms with Gasteiger partial charge < -0.3 is 14.8 Å². The Bertz CT molecular complexity index is 244. The third-order valence-electron chi connectivity index (χ3n) is 4.36. The van der Waals surface area contributed by atoms with Crippen molar-refractivity contribution in [2.24, 2.45) is 0 Å². The smallest absolute Gasteiger partial charge is 0.0726 e. The minimum atomic E-state index is 0.380. The highest BCUT2D eigenvalue weighted by molar-refractivity contribution is 4.82. The lowest BCUT2D eigenvalue weighted by molar-refractivity contribution is 0.0752. The van der Waals surface area contributed by atoms with Crippen molar-refractivity contribution in [1.82, 2.24) is 10.2 Å². The van der Waals surface area contributed by atoms with Gasteiger partial charge in [-0.15, -0.1) is 0 Å². The van der Waals surface area contributed by atoms with Crippen molar-refractivity contribution >= 4 is 0 Å². The van der Waals surface area contributed by atoms with E-state index in [4.69, 9.17) is 9.47 Å². The van der Waals surface area contributed by atoms with E-state index in [-0.39, 0.29) is 0 Å². The van der Waals surface area contributed by atoms with E-state index in [2.05, 4.69) is 31.1 Å². The first-order valence-corrected chi connectivity index (χ1v) is 7.35. The van der Waals surface area contributed by atoms with Gasteiger partial charge in [0.05, 0.1) is 12.2 Å². The van der Waals surface area contributed by atoms with Gasteiger partial charge in [0.25, 0.3) is 0 Å². The summed E-state index contributed by atoms with van der Waals surface area (Å²) >= 11 is 0. The molecule has 2 aliphatic rings. The first-order chi connectivity index (χ1) is 8.68. The fourth-order valence-corrected chi connectivity index (χ4v) is 3.06. The SMILES string of the molecule is CC(NCCN(C)C1CCOC1C)C1CCCO1. The van der Waals surface area contributed by atoms with Crippen LogP contribution in [0.2, 0.25) is 0 Å². The fourth-order valence-electron chi connectivity index (χ4n) is 3.06. The molecule has 2 fully saturated rings. The molecule has 2 rings (SSSR count). The number of rotatable bonds is 6. The standard InChI is InChI=1S/C14H28N2O2/c1-11(14-5-4-9-18-14)15-7-8-16(3)13-6-10-17-12(13)2/h11-15H,4-10H2,1-3H3. The Morgan fingerprint density at radius 3 is 2.72 bits per heavy atom. The molecule has 2 heterocycles. The van der Waals surface area contributed by atoms with Gasteiger partial charge in [-0.2, -0.15) is 0 Å². The molecule has 0 spiro atoms. The third-order valence-corrected chi connectivity index (χ3v) is 4.36. The van der Waals surface area contributed by atoms with Crippen molar-refractivity contribution in [1.29, 1.82) is 0 Å². The zero-order valence-electron chi connectivity index (χ0n) is 12.0. The van der Waals surface area contributed by atoms with Crippen molar-refractivity contribution in [2.45, 2.75) is 57.4 Å². The maximum Gasteiger partial charge on any atom is 0.0726 e. The second kappa shape index (κ2) is 6.85. The number of nitrogens with one attached hydrogen (secondary N) is 1. The van der Waals surface area contributed by atoms with E-state index >= 15 is 0 Å². The number of nitrogens with zero attached hydrogens (tertiary/aromatic N) is 1. The molecule has 1 N–H and O–H groups in total. The lowest BCUT2D eigenvalue weighted by Crippen LogP contribution is -2.44. The van der Waals surface area contributed by atoms with E-state index < -0.39 is 0 Å². The summed E-state index contributed by atoms with van der Waals surface area (Å²) < 4.78 is 11.3. The molecule has 0 amide bonds. The van der Waals surface area contributed by atoms with E-state index in [0.717, 1.165) is 26.3 Å². The maximum absolute atomic E-state index is 5.69. The first kappa shape index (κ1) is 14.3. The molecular formula is C14H28N2O2. The monoisotopic (exact) mass is 256 g/mol. The molecule has 0 aromatic rings. The molecule has 2 aliphatic heterocycles. The van der Waals surface area contributed by atoms with Crippen LogP contribution in [0.5, 0.6) is 0 Å². The number of hydrogen-bond acceptors (Lipinski definition) is 4. The van der Waals surface area contributed by atoms with Gasteiger partial charge in [0, 0.05) is 38.4 Å². The molecule has 4 nitrogen and oxygen atoms in total. The Balaban J connectivity index is 1.62. The van der Waals surface area contributed by atoms with E-state index in [1.54, 1.807) is 0 Å². The Morgan fingerprint density at radius 2 is 2.11 bits per heavy atom. The van der Waals surface area contributed by atoms with Gasteiger partial charge in [0.2, 0.25) is 0 Å². The van der Waals surface area contributed by atoms with E-state index in [0.29, 0.717) is 24.3 Å². The van der Waals surface area contributed by atoms with Crippen LogP contribution >= 0.6 is 0 Å². The van der Waals surface area contributed by atoms with E-state index in [9.17, 15) is 0 Å². The molecule has 0 saturated carbocycles. The van der Waals surface area contributed by atoms with Crippen LogP contribution in [-0.4, -0.2) is 62.5 Å². The highest BCUT2D eigenvalue weighted by Crippen LogP contribution is 2.18. The molecule has 2 saturated heterocycles. The molecule has 4 unspecified atom stereocenters. The van der Waals surface area contributed by atoms with Gasteiger partial charge in [0.15, 0.2) is 0 Å². The molecule has 18 heavy (non-hydrogen) atoms. The van der Waals surface area contributed by atoms with Gasteiger partial charge in [0.1, 0.15) is 0 Å². The molecule has 0 aliphatic carbocycles. The Labute approximate surface area is 111 Å². The Hall–Kier alpha value is -0.160. The van der Waals surface area contributed by atoms with Gasteiger partial charge >= 0.3 is 0 Å². The minimum Gasteiger partial charge on any atom is -0.377 e. The summed E-state index contributed by atoms with van der Waals surface area (Å²) in [6, 6.07) is 1.06. The Kier molecular flexibility index (Phi) is 5.42. The van der Waals surface area contributed by atoms with Crippen LogP contribution in [0.3, 0.4) is 0 Å². The van der Waals surface area contributed by atoms with Gasteiger partial charge in [-0.1, -0.05) is 0 Å². The number of hydrogen-bond donors (Lipinski definition) is 1. The van der Waals surface area contributed by atoms with Crippen molar-refractivity contribution in [3.8, 4) is 0 Å². The van der Waals surface area contributed by atoms with Crippen molar-refractivity contribution in [3.05, 3.63) is 0 Å². The lowest BCUT2D eigenvalue weighted by Gasteiger charge is -2.28. The van der Waals surface area contributed by atoms with Crippen LogP contribution in [0.4, 0.5) is 0 Å². The first-order valence-electron chi connectivity index (χ1n) is 7.35. The topological polar surface area (TPSA) is 33.7 Å². The summed E-state index contributed by atoms with van der Waals surface area (Å²) in [4.78, 5) is 2.42. The summed E-state index contributed by atoms with van der Waals surface area (Å²) in [5.41, 5.74) is 0. The molecular weight excluding hydrogens is 228 g/mol. The van der Waals surface area contributed by atoms with Gasteiger partial charge in [-0.05, 0) is 40.2 Å². The molecule has 0 aromatic carbocycles. The van der Waals surface area contributed by atoms with Crippen molar-refractivity contribution in [2.75, 3.05) is 33.4 Å². The second-order valence-electron chi connectivity index (χ2n) is 5.71. The van der Waals surface area contributed by atoms with Crippen molar-refractivity contribution in [3.63, 3.8) is 0 Å². The van der Waals surface area contributed by atoms with Crippen LogP contribution in [0, 0.1) is 0 Å². The Morgan fingerprint density at radius 1 is 1.28 bits per heavy atom. The summed E-state index contributed by atoms with van der Waals surface area (Å²) in [5.74, 6) is 0. The summed E-state index contributed by atoms with van der Waals surface area (Å²) in [6.07, 6.45) is 4.39. The zero-order chi connectivity index (χ0) is 13.0. The summed E-state index contributed by atoms with van der Waals surface area (Å²) in [7, 11) is 2.20. The average Bonchev–Trinajstić information content (AvgIpc) is 2.99. The molecule has 0 radical (unpaired) electrons. The fraction of sp³-hybridized carbons (Fsp3) is 1.00. The van der Waals surface area contributed by atoms with Crippen LogP contribution in [0.1, 0.15) is 33.1 Å². The maximum atomic E-state index is 5.69. The van der Waals surface area contributed by atoms with Gasteiger partial charge in [-0.3, -0.25) is 4.90 Å². The van der Waals surface area contributed by atoms with E-state index in [1.807, 2.05) is 0 Å². The second-order valence-corrected chi connectivity index (χ2v) is 5.71. The van der Waals surface area contributed by atoms with E-state index in [1.165, 1.54) is 19.3 Å². The van der Waals surface area contributed by atoms with Gasteiger partial charge in [-0.25, -0.2) is 0 Å². The number of likely N-dealkylation sites (N-methyl/N-ethyl adjacent to an activating group) is 1. The highest BCUT2D eigenvalue weighted by Gasteiger charge is 2.27. The summed E-state index contributed by atoms with van der Waals surface area (Å²) in [6.45, 7) is 8.37. The molecule has 106 valence electrons. The van der Waals surface area contributed by atoms with Crippen LogP contribution in [-0.2, 0) is 9.47 Å². The largest absolute Gasteiger partial charge is 0.377 e. The quantitative estimate of drug-likeness (QED) is 0.775. The zero-order valence-corrected chi connectivity index (χ0v) is 12.0. The number of ether oxygens (including phenoxy) is 2. The summed E-state index contributed by atoms with van der Waals surface area (Å²) in [5, 5.41) is 3.59. The predicted octanol–water partition coefficient (Wildman–Crippen LogP) is 1.25. The van der Waals surface area contributed by atoms with Crippen LogP contribution in [0.25, 0.3) is 0 Å². The molecule has 0 aromatic heterocycles. The minimum absolute atomic E-state index is 0.380. The molecule has 4 heteroatoms. The third kappa shape index (κ3) is 3.67. The highest BCUT2D eigenvalue weighted by atomic mass is 16.5. The molecule has 4 atom stereocenters. The normalized spacial score (nSPS) is 34.3.